The summed E-state index contributed by atoms with van der Waals surface area (Å²) in [5.41, 5.74) is 5.88. The second-order valence-electron chi connectivity index (χ2n) is 5.45. The zero-order valence-corrected chi connectivity index (χ0v) is 12.6. The number of nitrogen functional groups attached to an aromatic ring is 1. The van der Waals surface area contributed by atoms with E-state index in [1.54, 1.807) is 0 Å². The van der Waals surface area contributed by atoms with Gasteiger partial charge in [-0.15, -0.1) is 0 Å². The minimum Gasteiger partial charge on any atom is -0.371 e. The molecule has 0 aromatic carbocycles. The molecule has 20 heavy (non-hydrogen) atoms. The van der Waals surface area contributed by atoms with Gasteiger partial charge in [0.15, 0.2) is 5.82 Å². The topological polar surface area (TPSA) is 73.9 Å². The van der Waals surface area contributed by atoms with Crippen molar-refractivity contribution < 1.29 is 4.74 Å². The summed E-state index contributed by atoms with van der Waals surface area (Å²) in [5.74, 6) is 2.32. The van der Waals surface area contributed by atoms with Crippen LogP contribution >= 0.6 is 0 Å². The Bertz CT molecular complexity index is 416. The predicted molar refractivity (Wildman–Crippen MR) is 79.3 cm³/mol. The van der Waals surface area contributed by atoms with Gasteiger partial charge < -0.3 is 10.5 Å². The molecule has 2 N–H and O–H groups in total. The number of rotatable bonds is 5. The summed E-state index contributed by atoms with van der Waals surface area (Å²) in [6, 6.07) is 0. The number of hydrogen-bond donors (Lipinski definition) is 1. The lowest BCUT2D eigenvalue weighted by molar-refractivity contribution is 0.0531. The number of nitrogens with two attached hydrogens (primary N) is 1. The molecule has 5 nitrogen and oxygen atoms in total. The zero-order valence-electron chi connectivity index (χ0n) is 12.6. The highest BCUT2D eigenvalue weighted by atomic mass is 16.5. The molecule has 1 aromatic rings. The fraction of sp³-hybridized carbons (Fsp3) is 0.800. The molecular formula is C15H26N4O. The molecule has 1 heterocycles. The number of anilines is 1. The molecule has 5 heteroatoms. The Morgan fingerprint density at radius 2 is 1.80 bits per heavy atom. The van der Waals surface area contributed by atoms with Crippen LogP contribution in [0.1, 0.15) is 82.5 Å². The zero-order chi connectivity index (χ0) is 14.4. The first-order chi connectivity index (χ1) is 9.74. The van der Waals surface area contributed by atoms with E-state index in [2.05, 4.69) is 21.9 Å². The van der Waals surface area contributed by atoms with Gasteiger partial charge in [0.1, 0.15) is 11.9 Å². The minimum absolute atomic E-state index is 0.0742. The Hall–Kier alpha value is -1.23. The maximum atomic E-state index is 5.88. The standard InChI is InChI=1S/C15H26N4O/c1-3-12(20-4-2)14-17-13(18-15(16)19-14)11-9-7-5-6-8-10-11/h11-12H,3-10H2,1-2H3,(H2,16,17,18,19). The van der Waals surface area contributed by atoms with E-state index in [1.165, 1.54) is 25.7 Å². The van der Waals surface area contributed by atoms with Crippen LogP contribution in [-0.2, 0) is 4.74 Å². The number of hydrogen-bond acceptors (Lipinski definition) is 5. The van der Waals surface area contributed by atoms with Crippen LogP contribution in [0, 0.1) is 0 Å². The van der Waals surface area contributed by atoms with E-state index in [0.717, 1.165) is 25.1 Å². The Kier molecular flexibility index (Phi) is 5.71. The molecule has 0 saturated heterocycles. The van der Waals surface area contributed by atoms with E-state index in [1.807, 2.05) is 6.92 Å². The third kappa shape index (κ3) is 3.88. The van der Waals surface area contributed by atoms with E-state index in [-0.39, 0.29) is 6.10 Å². The lowest BCUT2D eigenvalue weighted by Crippen LogP contribution is -2.15. The summed E-state index contributed by atoms with van der Waals surface area (Å²) in [6.07, 6.45) is 8.25. The van der Waals surface area contributed by atoms with Gasteiger partial charge in [-0.1, -0.05) is 32.6 Å². The van der Waals surface area contributed by atoms with Gasteiger partial charge in [0.05, 0.1) is 0 Å². The molecule has 1 unspecified atom stereocenters. The van der Waals surface area contributed by atoms with Crippen molar-refractivity contribution in [2.75, 3.05) is 12.3 Å². The highest BCUT2D eigenvalue weighted by Crippen LogP contribution is 2.30. The number of aromatic nitrogens is 3. The molecule has 1 aliphatic rings. The summed E-state index contributed by atoms with van der Waals surface area (Å²) in [6.45, 7) is 4.72. The summed E-state index contributed by atoms with van der Waals surface area (Å²) < 4.78 is 5.69. The van der Waals surface area contributed by atoms with Crippen molar-refractivity contribution >= 4 is 5.95 Å². The Morgan fingerprint density at radius 3 is 2.40 bits per heavy atom. The average molecular weight is 278 g/mol. The van der Waals surface area contributed by atoms with Gasteiger partial charge in [0.2, 0.25) is 5.95 Å². The third-order valence-electron chi connectivity index (χ3n) is 3.93. The molecule has 112 valence electrons. The first kappa shape index (κ1) is 15.2. The van der Waals surface area contributed by atoms with Crippen LogP contribution in [0.15, 0.2) is 0 Å². The van der Waals surface area contributed by atoms with Gasteiger partial charge in [-0.05, 0) is 26.2 Å². The lowest BCUT2D eigenvalue weighted by Gasteiger charge is -2.17. The molecule has 0 aliphatic heterocycles. The monoisotopic (exact) mass is 278 g/mol. The first-order valence-electron chi connectivity index (χ1n) is 7.87. The van der Waals surface area contributed by atoms with Gasteiger partial charge in [0.25, 0.3) is 0 Å². The van der Waals surface area contributed by atoms with Crippen LogP contribution < -0.4 is 5.73 Å². The van der Waals surface area contributed by atoms with Crippen molar-refractivity contribution in [3.8, 4) is 0 Å². The molecule has 1 atom stereocenters. The van der Waals surface area contributed by atoms with Crippen LogP contribution in [0.4, 0.5) is 5.95 Å². The molecular weight excluding hydrogens is 252 g/mol. The minimum atomic E-state index is -0.0742. The molecule has 1 aromatic heterocycles. The molecule has 0 bridgehead atoms. The fourth-order valence-corrected chi connectivity index (χ4v) is 2.87. The van der Waals surface area contributed by atoms with Crippen molar-refractivity contribution in [2.24, 2.45) is 0 Å². The molecule has 0 amide bonds. The fourth-order valence-electron chi connectivity index (χ4n) is 2.87. The normalized spacial score (nSPS) is 18.7. The largest absolute Gasteiger partial charge is 0.371 e. The smallest absolute Gasteiger partial charge is 0.223 e. The number of ether oxygens (including phenoxy) is 1. The molecule has 0 spiro atoms. The summed E-state index contributed by atoms with van der Waals surface area (Å²) in [5, 5.41) is 0. The van der Waals surface area contributed by atoms with Crippen LogP contribution in [-0.4, -0.2) is 21.6 Å². The maximum absolute atomic E-state index is 5.88. The third-order valence-corrected chi connectivity index (χ3v) is 3.93. The average Bonchev–Trinajstić information content (AvgIpc) is 2.73. The van der Waals surface area contributed by atoms with Gasteiger partial charge in [-0.2, -0.15) is 9.97 Å². The molecule has 1 fully saturated rings. The molecule has 0 radical (unpaired) electrons. The quantitative estimate of drug-likeness (QED) is 0.836. The van der Waals surface area contributed by atoms with Gasteiger partial charge >= 0.3 is 0 Å². The van der Waals surface area contributed by atoms with Gasteiger partial charge in [-0.25, -0.2) is 4.98 Å². The maximum Gasteiger partial charge on any atom is 0.223 e. The van der Waals surface area contributed by atoms with E-state index in [4.69, 9.17) is 10.5 Å². The van der Waals surface area contributed by atoms with E-state index < -0.39 is 0 Å². The number of nitrogens with zero attached hydrogens (tertiary/aromatic N) is 3. The lowest BCUT2D eigenvalue weighted by atomic mass is 9.99. The van der Waals surface area contributed by atoms with Crippen molar-refractivity contribution in [2.45, 2.75) is 70.8 Å². The highest BCUT2D eigenvalue weighted by Gasteiger charge is 2.21. The van der Waals surface area contributed by atoms with Crippen molar-refractivity contribution in [3.63, 3.8) is 0 Å². The molecule has 2 rings (SSSR count). The SMILES string of the molecule is CCOC(CC)c1nc(N)nc(C2CCCCCC2)n1. The summed E-state index contributed by atoms with van der Waals surface area (Å²) in [4.78, 5) is 13.3. The molecule has 1 saturated carbocycles. The summed E-state index contributed by atoms with van der Waals surface area (Å²) >= 11 is 0. The van der Waals surface area contributed by atoms with Gasteiger partial charge in [0, 0.05) is 12.5 Å². The second kappa shape index (κ2) is 7.53. The van der Waals surface area contributed by atoms with Crippen LogP contribution in [0.2, 0.25) is 0 Å². The van der Waals surface area contributed by atoms with Crippen LogP contribution in [0.3, 0.4) is 0 Å². The Morgan fingerprint density at radius 1 is 1.10 bits per heavy atom. The summed E-state index contributed by atoms with van der Waals surface area (Å²) in [7, 11) is 0. The van der Waals surface area contributed by atoms with Crippen molar-refractivity contribution in [1.29, 1.82) is 0 Å². The highest BCUT2D eigenvalue weighted by molar-refractivity contribution is 5.18. The van der Waals surface area contributed by atoms with Crippen LogP contribution in [0.5, 0.6) is 0 Å². The van der Waals surface area contributed by atoms with E-state index >= 15 is 0 Å². The predicted octanol–water partition coefficient (Wildman–Crippen LogP) is 3.38. The van der Waals surface area contributed by atoms with Gasteiger partial charge in [-0.3, -0.25) is 0 Å². The first-order valence-corrected chi connectivity index (χ1v) is 7.87. The van der Waals surface area contributed by atoms with Crippen molar-refractivity contribution in [3.05, 3.63) is 11.6 Å². The second-order valence-corrected chi connectivity index (χ2v) is 5.45. The van der Waals surface area contributed by atoms with Crippen molar-refractivity contribution in [1.82, 2.24) is 15.0 Å². The Balaban J connectivity index is 2.22. The van der Waals surface area contributed by atoms with Crippen LogP contribution in [0.25, 0.3) is 0 Å². The Labute approximate surface area is 121 Å². The molecule has 1 aliphatic carbocycles. The van der Waals surface area contributed by atoms with E-state index in [0.29, 0.717) is 24.3 Å². The van der Waals surface area contributed by atoms with E-state index in [9.17, 15) is 0 Å².